The molecule has 1 aliphatic rings. The SMILES string of the molecule is CCc1ccc(N2c3cccc(-c4nc5cc(Cl)c(F)cc5[nH]4)c3OCC2CO)nc1. The Morgan fingerprint density at radius 3 is 2.90 bits per heavy atom. The number of aromatic nitrogens is 3. The summed E-state index contributed by atoms with van der Waals surface area (Å²) in [5.74, 6) is 1.40. The first kappa shape index (κ1) is 19.8. The van der Waals surface area contributed by atoms with Gasteiger partial charge < -0.3 is 19.7 Å². The Hall–Kier alpha value is -3.16. The summed E-state index contributed by atoms with van der Waals surface area (Å²) in [6.07, 6.45) is 2.75. The summed E-state index contributed by atoms with van der Waals surface area (Å²) in [6, 6.07) is 12.3. The fourth-order valence-electron chi connectivity index (χ4n) is 3.85. The van der Waals surface area contributed by atoms with E-state index < -0.39 is 5.82 Å². The summed E-state index contributed by atoms with van der Waals surface area (Å²) in [6.45, 7) is 2.29. The maximum Gasteiger partial charge on any atom is 0.154 e. The molecule has 0 aliphatic carbocycles. The number of fused-ring (bicyclic) bond motifs is 2. The number of aliphatic hydroxyl groups excluding tert-OH is 1. The Morgan fingerprint density at radius 1 is 1.29 bits per heavy atom. The van der Waals surface area contributed by atoms with E-state index in [-0.39, 0.29) is 17.7 Å². The van der Waals surface area contributed by atoms with Gasteiger partial charge in [0.05, 0.1) is 40.0 Å². The van der Waals surface area contributed by atoms with Crippen LogP contribution in [0.1, 0.15) is 12.5 Å². The molecular formula is C23H20ClFN4O2. The molecular weight excluding hydrogens is 419 g/mol. The number of halogens is 2. The predicted molar refractivity (Wildman–Crippen MR) is 119 cm³/mol. The zero-order chi connectivity index (χ0) is 21.5. The molecule has 2 N–H and O–H groups in total. The van der Waals surface area contributed by atoms with Crippen molar-refractivity contribution in [3.05, 3.63) is 65.1 Å². The van der Waals surface area contributed by atoms with Gasteiger partial charge in [0, 0.05) is 12.3 Å². The molecule has 2 aromatic carbocycles. The van der Waals surface area contributed by atoms with E-state index in [0.717, 1.165) is 29.1 Å². The molecule has 31 heavy (non-hydrogen) atoms. The van der Waals surface area contributed by atoms with Crippen molar-refractivity contribution in [2.75, 3.05) is 18.1 Å². The average molecular weight is 439 g/mol. The number of imidazole rings is 1. The molecule has 0 spiro atoms. The van der Waals surface area contributed by atoms with E-state index >= 15 is 0 Å². The van der Waals surface area contributed by atoms with Crippen molar-refractivity contribution in [2.24, 2.45) is 0 Å². The van der Waals surface area contributed by atoms with Gasteiger partial charge in [-0.2, -0.15) is 0 Å². The van der Waals surface area contributed by atoms with E-state index in [1.165, 1.54) is 12.1 Å². The molecule has 0 radical (unpaired) electrons. The fourth-order valence-corrected chi connectivity index (χ4v) is 4.01. The lowest BCUT2D eigenvalue weighted by molar-refractivity contribution is 0.195. The summed E-state index contributed by atoms with van der Waals surface area (Å²) in [5.41, 5.74) is 3.77. The Labute approximate surface area is 183 Å². The number of aryl methyl sites for hydroxylation is 1. The molecule has 0 fully saturated rings. The molecule has 0 bridgehead atoms. The van der Waals surface area contributed by atoms with Gasteiger partial charge >= 0.3 is 0 Å². The van der Waals surface area contributed by atoms with Crippen LogP contribution in [0, 0.1) is 5.82 Å². The predicted octanol–water partition coefficient (Wildman–Crippen LogP) is 4.87. The van der Waals surface area contributed by atoms with Crippen LogP contribution in [0.5, 0.6) is 5.75 Å². The molecule has 0 saturated heterocycles. The standard InChI is InChI=1S/C23H20ClFN4O2/c1-2-13-6-7-21(26-10-13)29-14(11-30)12-31-22-15(4-3-5-20(22)29)23-27-18-8-16(24)17(25)9-19(18)28-23/h3-10,14,30H,2,11-12H2,1H3,(H,27,28). The number of aliphatic hydroxyl groups is 1. The van der Waals surface area contributed by atoms with Crippen molar-refractivity contribution < 1.29 is 14.2 Å². The molecule has 0 amide bonds. The third-order valence-electron chi connectivity index (χ3n) is 5.49. The second-order valence-electron chi connectivity index (χ2n) is 7.42. The van der Waals surface area contributed by atoms with Gasteiger partial charge in [-0.3, -0.25) is 0 Å². The number of nitrogens with zero attached hydrogens (tertiary/aromatic N) is 3. The lowest BCUT2D eigenvalue weighted by Crippen LogP contribution is -2.43. The number of hydrogen-bond acceptors (Lipinski definition) is 5. The number of ether oxygens (including phenoxy) is 1. The van der Waals surface area contributed by atoms with Crippen LogP contribution in [-0.2, 0) is 6.42 Å². The molecule has 158 valence electrons. The normalized spacial score (nSPS) is 15.7. The van der Waals surface area contributed by atoms with Gasteiger partial charge in [-0.05, 0) is 36.2 Å². The van der Waals surface area contributed by atoms with Crippen LogP contribution in [0.2, 0.25) is 5.02 Å². The minimum absolute atomic E-state index is 0.0236. The number of benzene rings is 2. The van der Waals surface area contributed by atoms with Gasteiger partial charge in [-0.1, -0.05) is 30.7 Å². The smallest absolute Gasteiger partial charge is 0.154 e. The van der Waals surface area contributed by atoms with Gasteiger partial charge in [-0.15, -0.1) is 0 Å². The molecule has 1 aliphatic heterocycles. The van der Waals surface area contributed by atoms with Crippen molar-refractivity contribution in [3.8, 4) is 17.1 Å². The summed E-state index contributed by atoms with van der Waals surface area (Å²) in [4.78, 5) is 14.3. The highest BCUT2D eigenvalue weighted by molar-refractivity contribution is 6.31. The Kier molecular flexibility index (Phi) is 5.00. The monoisotopic (exact) mass is 438 g/mol. The number of para-hydroxylation sites is 1. The van der Waals surface area contributed by atoms with E-state index in [2.05, 4.69) is 21.9 Å². The molecule has 5 rings (SSSR count). The lowest BCUT2D eigenvalue weighted by Gasteiger charge is -2.37. The second kappa shape index (κ2) is 7.83. The molecule has 6 nitrogen and oxygen atoms in total. The summed E-state index contributed by atoms with van der Waals surface area (Å²) in [5, 5.41) is 9.99. The highest BCUT2D eigenvalue weighted by atomic mass is 35.5. The van der Waals surface area contributed by atoms with Crippen LogP contribution in [0.15, 0.2) is 48.7 Å². The van der Waals surface area contributed by atoms with Crippen LogP contribution in [0.4, 0.5) is 15.9 Å². The molecule has 8 heteroatoms. The first-order valence-electron chi connectivity index (χ1n) is 10.0. The van der Waals surface area contributed by atoms with Gasteiger partial charge in [0.25, 0.3) is 0 Å². The topological polar surface area (TPSA) is 74.3 Å². The van der Waals surface area contributed by atoms with Gasteiger partial charge in [0.2, 0.25) is 0 Å². The first-order chi connectivity index (χ1) is 15.1. The van der Waals surface area contributed by atoms with E-state index in [4.69, 9.17) is 16.3 Å². The van der Waals surface area contributed by atoms with Gasteiger partial charge in [0.15, 0.2) is 5.75 Å². The highest BCUT2D eigenvalue weighted by Gasteiger charge is 2.31. The van der Waals surface area contributed by atoms with Crippen LogP contribution >= 0.6 is 11.6 Å². The molecule has 0 saturated carbocycles. The van der Waals surface area contributed by atoms with E-state index in [0.29, 0.717) is 29.2 Å². The quantitative estimate of drug-likeness (QED) is 0.475. The number of aromatic amines is 1. The fraction of sp³-hybridized carbons (Fsp3) is 0.217. The largest absolute Gasteiger partial charge is 0.488 e. The number of pyridine rings is 1. The summed E-state index contributed by atoms with van der Waals surface area (Å²) >= 11 is 5.91. The second-order valence-corrected chi connectivity index (χ2v) is 7.83. The van der Waals surface area contributed by atoms with Crippen molar-refractivity contribution in [1.82, 2.24) is 15.0 Å². The minimum atomic E-state index is -0.505. The third kappa shape index (κ3) is 3.40. The van der Waals surface area contributed by atoms with Crippen molar-refractivity contribution in [1.29, 1.82) is 0 Å². The van der Waals surface area contributed by atoms with E-state index in [1.54, 1.807) is 0 Å². The Balaban J connectivity index is 1.63. The lowest BCUT2D eigenvalue weighted by atomic mass is 10.1. The molecule has 1 atom stereocenters. The maximum atomic E-state index is 13.9. The minimum Gasteiger partial charge on any atom is -0.488 e. The highest BCUT2D eigenvalue weighted by Crippen LogP contribution is 2.44. The molecule has 4 aromatic rings. The number of hydrogen-bond donors (Lipinski definition) is 2. The maximum absolute atomic E-state index is 13.9. The van der Waals surface area contributed by atoms with Crippen LogP contribution in [-0.4, -0.2) is 39.3 Å². The molecule has 2 aromatic heterocycles. The van der Waals surface area contributed by atoms with Crippen molar-refractivity contribution >= 4 is 34.1 Å². The van der Waals surface area contributed by atoms with E-state index in [1.807, 2.05) is 41.4 Å². The number of anilines is 2. The summed E-state index contributed by atoms with van der Waals surface area (Å²) < 4.78 is 19.9. The molecule has 3 heterocycles. The van der Waals surface area contributed by atoms with Crippen LogP contribution in [0.25, 0.3) is 22.4 Å². The summed E-state index contributed by atoms with van der Waals surface area (Å²) in [7, 11) is 0. The zero-order valence-electron chi connectivity index (χ0n) is 16.8. The average Bonchev–Trinajstić information content (AvgIpc) is 3.20. The van der Waals surface area contributed by atoms with Gasteiger partial charge in [0.1, 0.15) is 24.1 Å². The number of H-pyrrole nitrogens is 1. The number of nitrogens with one attached hydrogen (secondary N) is 1. The first-order valence-corrected chi connectivity index (χ1v) is 10.4. The van der Waals surface area contributed by atoms with E-state index in [9.17, 15) is 9.50 Å². The Bertz CT molecular complexity index is 1220. The van der Waals surface area contributed by atoms with Gasteiger partial charge in [-0.25, -0.2) is 14.4 Å². The third-order valence-corrected chi connectivity index (χ3v) is 5.78. The zero-order valence-corrected chi connectivity index (χ0v) is 17.5. The Morgan fingerprint density at radius 2 is 2.16 bits per heavy atom. The van der Waals surface area contributed by atoms with Crippen LogP contribution in [0.3, 0.4) is 0 Å². The molecule has 1 unspecified atom stereocenters. The van der Waals surface area contributed by atoms with Crippen molar-refractivity contribution in [3.63, 3.8) is 0 Å². The number of rotatable bonds is 4. The van der Waals surface area contributed by atoms with Crippen molar-refractivity contribution in [2.45, 2.75) is 19.4 Å². The van der Waals surface area contributed by atoms with Crippen LogP contribution < -0.4 is 9.64 Å².